The van der Waals surface area contributed by atoms with Crippen LogP contribution in [0.2, 0.25) is 0 Å². The minimum absolute atomic E-state index is 0.516. The quantitative estimate of drug-likeness (QED) is 0.892. The summed E-state index contributed by atoms with van der Waals surface area (Å²) in [6, 6.07) is 8.13. The molecule has 0 amide bonds. The molecule has 0 spiro atoms. The van der Waals surface area contributed by atoms with Gasteiger partial charge in [-0.25, -0.2) is 4.68 Å². The molecule has 0 aliphatic heterocycles. The van der Waals surface area contributed by atoms with E-state index in [-0.39, 0.29) is 0 Å². The lowest BCUT2D eigenvalue weighted by atomic mass is 10.0. The second-order valence-corrected chi connectivity index (χ2v) is 5.35. The maximum absolute atomic E-state index is 6.05. The average Bonchev–Trinajstić information content (AvgIpc) is 2.68. The Kier molecular flexibility index (Phi) is 4.32. The normalized spacial score (nSPS) is 11.1. The largest absolute Gasteiger partial charge is 0.437 e. The van der Waals surface area contributed by atoms with Crippen molar-refractivity contribution < 1.29 is 4.74 Å². The van der Waals surface area contributed by atoms with E-state index in [0.717, 1.165) is 24.4 Å². The van der Waals surface area contributed by atoms with E-state index >= 15 is 0 Å². The van der Waals surface area contributed by atoms with Gasteiger partial charge in [-0.15, -0.1) is 0 Å². The fourth-order valence-electron chi connectivity index (χ4n) is 2.08. The molecule has 0 aliphatic carbocycles. The number of anilines is 1. The van der Waals surface area contributed by atoms with E-state index in [1.54, 1.807) is 0 Å². The van der Waals surface area contributed by atoms with E-state index in [2.05, 4.69) is 38.0 Å². The Balaban J connectivity index is 2.25. The van der Waals surface area contributed by atoms with Crippen molar-refractivity contribution in [3.63, 3.8) is 0 Å². The summed E-state index contributed by atoms with van der Waals surface area (Å²) in [5.74, 6) is 1.95. The first kappa shape index (κ1) is 14.4. The molecule has 2 aromatic rings. The van der Waals surface area contributed by atoms with Crippen molar-refractivity contribution in [3.8, 4) is 11.6 Å². The number of nitrogens with two attached hydrogens (primary N) is 1. The van der Waals surface area contributed by atoms with Crippen molar-refractivity contribution in [2.75, 3.05) is 5.73 Å². The van der Waals surface area contributed by atoms with Gasteiger partial charge in [-0.05, 0) is 37.0 Å². The first-order chi connectivity index (χ1) is 9.52. The minimum Gasteiger partial charge on any atom is -0.437 e. The number of nitrogen functional groups attached to an aromatic ring is 1. The average molecular weight is 273 g/mol. The molecule has 4 nitrogen and oxygen atoms in total. The number of aryl methyl sites for hydroxylation is 2. The van der Waals surface area contributed by atoms with Crippen LogP contribution in [0, 0.1) is 6.92 Å². The van der Waals surface area contributed by atoms with Crippen LogP contribution >= 0.6 is 0 Å². The van der Waals surface area contributed by atoms with E-state index in [1.807, 2.05) is 23.7 Å². The number of hydrogen-bond acceptors (Lipinski definition) is 3. The molecule has 0 radical (unpaired) electrons. The molecule has 2 N–H and O–H groups in total. The SMILES string of the molecule is CCCn1nc(C)c(N)c1Oc1ccc(C(C)C)cc1. The van der Waals surface area contributed by atoms with Crippen LogP contribution in [-0.2, 0) is 6.54 Å². The number of hydrogen-bond donors (Lipinski definition) is 1. The van der Waals surface area contributed by atoms with Gasteiger partial charge in [0.25, 0.3) is 0 Å². The summed E-state index contributed by atoms with van der Waals surface area (Å²) >= 11 is 0. The fraction of sp³-hybridized carbons (Fsp3) is 0.438. The Bertz CT molecular complexity index is 570. The number of aromatic nitrogens is 2. The van der Waals surface area contributed by atoms with Gasteiger partial charge in [0.2, 0.25) is 5.88 Å². The van der Waals surface area contributed by atoms with E-state index in [0.29, 0.717) is 17.5 Å². The van der Waals surface area contributed by atoms with Crippen LogP contribution in [0.4, 0.5) is 5.69 Å². The predicted octanol–water partition coefficient (Wildman–Crippen LogP) is 4.10. The second kappa shape index (κ2) is 5.99. The lowest BCUT2D eigenvalue weighted by molar-refractivity contribution is 0.410. The lowest BCUT2D eigenvalue weighted by Crippen LogP contribution is -2.02. The number of ether oxygens (including phenoxy) is 1. The van der Waals surface area contributed by atoms with Gasteiger partial charge in [0.1, 0.15) is 11.4 Å². The maximum Gasteiger partial charge on any atom is 0.241 e. The highest BCUT2D eigenvalue weighted by Crippen LogP contribution is 2.30. The van der Waals surface area contributed by atoms with Gasteiger partial charge in [-0.3, -0.25) is 0 Å². The van der Waals surface area contributed by atoms with Gasteiger partial charge in [0, 0.05) is 6.54 Å². The van der Waals surface area contributed by atoms with Crippen molar-refractivity contribution in [1.82, 2.24) is 9.78 Å². The standard InChI is InChI=1S/C16H23N3O/c1-5-10-19-16(15(17)12(4)18-19)20-14-8-6-13(7-9-14)11(2)3/h6-9,11H,5,10,17H2,1-4H3. The summed E-state index contributed by atoms with van der Waals surface area (Å²) in [6.45, 7) is 9.16. The molecule has 0 atom stereocenters. The Labute approximate surface area is 120 Å². The van der Waals surface area contributed by atoms with Crippen molar-refractivity contribution in [3.05, 3.63) is 35.5 Å². The van der Waals surface area contributed by atoms with Crippen LogP contribution in [0.25, 0.3) is 0 Å². The Morgan fingerprint density at radius 2 is 1.90 bits per heavy atom. The monoisotopic (exact) mass is 273 g/mol. The molecule has 1 aromatic heterocycles. The molecule has 0 saturated carbocycles. The van der Waals surface area contributed by atoms with Crippen LogP contribution < -0.4 is 10.5 Å². The number of rotatable bonds is 5. The first-order valence-electron chi connectivity index (χ1n) is 7.13. The van der Waals surface area contributed by atoms with Gasteiger partial charge in [-0.2, -0.15) is 5.10 Å². The molecule has 108 valence electrons. The highest BCUT2D eigenvalue weighted by molar-refractivity contribution is 5.54. The minimum atomic E-state index is 0.516. The smallest absolute Gasteiger partial charge is 0.241 e. The zero-order valence-electron chi connectivity index (χ0n) is 12.7. The molecule has 1 aromatic carbocycles. The summed E-state index contributed by atoms with van der Waals surface area (Å²) in [6.07, 6.45) is 0.989. The Hall–Kier alpha value is -1.97. The summed E-state index contributed by atoms with van der Waals surface area (Å²) in [4.78, 5) is 0. The summed E-state index contributed by atoms with van der Waals surface area (Å²) in [5, 5.41) is 4.41. The summed E-state index contributed by atoms with van der Waals surface area (Å²) in [7, 11) is 0. The zero-order chi connectivity index (χ0) is 14.7. The number of benzene rings is 1. The van der Waals surface area contributed by atoms with E-state index in [9.17, 15) is 0 Å². The van der Waals surface area contributed by atoms with Crippen LogP contribution in [0.15, 0.2) is 24.3 Å². The third kappa shape index (κ3) is 2.95. The van der Waals surface area contributed by atoms with E-state index < -0.39 is 0 Å². The molecule has 1 heterocycles. The lowest BCUT2D eigenvalue weighted by Gasteiger charge is -2.10. The van der Waals surface area contributed by atoms with Gasteiger partial charge in [-0.1, -0.05) is 32.9 Å². The molecule has 0 aliphatic rings. The van der Waals surface area contributed by atoms with Gasteiger partial charge in [0.05, 0.1) is 5.69 Å². The molecule has 20 heavy (non-hydrogen) atoms. The van der Waals surface area contributed by atoms with E-state index in [1.165, 1.54) is 5.56 Å². The van der Waals surface area contributed by atoms with E-state index in [4.69, 9.17) is 10.5 Å². The Morgan fingerprint density at radius 3 is 2.45 bits per heavy atom. The second-order valence-electron chi connectivity index (χ2n) is 5.35. The molecule has 2 rings (SSSR count). The third-order valence-electron chi connectivity index (χ3n) is 3.32. The molecular formula is C16H23N3O. The Morgan fingerprint density at radius 1 is 1.25 bits per heavy atom. The van der Waals surface area contributed by atoms with Crippen LogP contribution in [0.5, 0.6) is 11.6 Å². The zero-order valence-corrected chi connectivity index (χ0v) is 12.7. The highest BCUT2D eigenvalue weighted by Gasteiger charge is 2.14. The molecule has 4 heteroatoms. The topological polar surface area (TPSA) is 53.1 Å². The number of nitrogens with zero attached hydrogens (tertiary/aromatic N) is 2. The van der Waals surface area contributed by atoms with Gasteiger partial charge >= 0.3 is 0 Å². The van der Waals surface area contributed by atoms with Crippen LogP contribution in [-0.4, -0.2) is 9.78 Å². The van der Waals surface area contributed by atoms with Crippen molar-refractivity contribution in [2.45, 2.75) is 46.6 Å². The van der Waals surface area contributed by atoms with Crippen molar-refractivity contribution in [1.29, 1.82) is 0 Å². The molecule has 0 bridgehead atoms. The van der Waals surface area contributed by atoms with Gasteiger partial charge in [0.15, 0.2) is 0 Å². The first-order valence-corrected chi connectivity index (χ1v) is 7.13. The van der Waals surface area contributed by atoms with Crippen LogP contribution in [0.1, 0.15) is 44.4 Å². The van der Waals surface area contributed by atoms with Gasteiger partial charge < -0.3 is 10.5 Å². The third-order valence-corrected chi connectivity index (χ3v) is 3.32. The molecular weight excluding hydrogens is 250 g/mol. The summed E-state index contributed by atoms with van der Waals surface area (Å²) in [5.41, 5.74) is 8.78. The maximum atomic E-state index is 6.05. The molecule has 0 saturated heterocycles. The van der Waals surface area contributed by atoms with Crippen LogP contribution in [0.3, 0.4) is 0 Å². The summed E-state index contributed by atoms with van der Waals surface area (Å²) < 4.78 is 7.76. The van der Waals surface area contributed by atoms with Crippen molar-refractivity contribution in [2.24, 2.45) is 0 Å². The molecule has 0 fully saturated rings. The highest BCUT2D eigenvalue weighted by atomic mass is 16.5. The predicted molar refractivity (Wildman–Crippen MR) is 82.3 cm³/mol. The fourth-order valence-corrected chi connectivity index (χ4v) is 2.08. The van der Waals surface area contributed by atoms with Crippen molar-refractivity contribution >= 4 is 5.69 Å². The molecule has 0 unspecified atom stereocenters.